The summed E-state index contributed by atoms with van der Waals surface area (Å²) in [7, 11) is 8.16. The lowest BCUT2D eigenvalue weighted by Crippen LogP contribution is -2.40. The van der Waals surface area contributed by atoms with Crippen LogP contribution < -0.4 is 19.2 Å². The predicted octanol–water partition coefficient (Wildman–Crippen LogP) is 3.42. The molecule has 4 aromatic rings. The van der Waals surface area contributed by atoms with Gasteiger partial charge in [0.15, 0.2) is 0 Å². The molecule has 0 aromatic heterocycles. The molecular formula is C30H28F6N2O6. The Balaban J connectivity index is 0.000000172. The maximum atomic E-state index is 10.5. The van der Waals surface area contributed by atoms with E-state index >= 15 is 0 Å². The van der Waals surface area contributed by atoms with Crippen molar-refractivity contribution in [3.8, 4) is 0 Å². The highest BCUT2D eigenvalue weighted by Gasteiger charge is 2.41. The van der Waals surface area contributed by atoms with E-state index in [9.17, 15) is 36.6 Å². The zero-order valence-corrected chi connectivity index (χ0v) is 23.8. The van der Waals surface area contributed by atoms with Crippen molar-refractivity contribution in [1.29, 1.82) is 0 Å². The van der Waals surface area contributed by atoms with E-state index in [1.165, 1.54) is 32.9 Å². The highest BCUT2D eigenvalue weighted by atomic mass is 19.4. The topological polar surface area (TPSA) is 121 Å². The Morgan fingerprint density at radius 1 is 0.591 bits per heavy atom. The molecule has 8 nitrogen and oxygen atoms in total. The first-order valence-electron chi connectivity index (χ1n) is 12.8. The molecule has 2 heterocycles. The second-order valence-corrected chi connectivity index (χ2v) is 10.8. The van der Waals surface area contributed by atoms with Gasteiger partial charge in [-0.15, -0.1) is 0 Å². The van der Waals surface area contributed by atoms with Crippen LogP contribution in [0.3, 0.4) is 0 Å². The second kappa shape index (κ2) is 12.0. The quantitative estimate of drug-likeness (QED) is 0.228. The second-order valence-electron chi connectivity index (χ2n) is 10.8. The Kier molecular flexibility index (Phi) is 9.37. The van der Waals surface area contributed by atoms with Gasteiger partial charge in [-0.05, 0) is 35.0 Å². The van der Waals surface area contributed by atoms with E-state index in [-0.39, 0.29) is 0 Å². The molecule has 0 aliphatic carbocycles. The van der Waals surface area contributed by atoms with Crippen LogP contribution in [-0.2, 0) is 9.59 Å². The Labute approximate surface area is 247 Å². The lowest BCUT2D eigenvalue weighted by molar-refractivity contribution is -0.344. The highest BCUT2D eigenvalue weighted by Crippen LogP contribution is 2.46. The van der Waals surface area contributed by atoms with Crippen molar-refractivity contribution in [2.75, 3.05) is 28.2 Å². The first-order valence-corrected chi connectivity index (χ1v) is 12.8. The number of aliphatic hydroxyl groups excluding tert-OH is 2. The van der Waals surface area contributed by atoms with Crippen LogP contribution in [0.2, 0.25) is 0 Å². The molecule has 2 N–H and O–H groups in total. The zero-order chi connectivity index (χ0) is 33.4. The van der Waals surface area contributed by atoms with E-state index < -0.39 is 36.7 Å². The minimum absolute atomic E-state index is 0.439. The van der Waals surface area contributed by atoms with Gasteiger partial charge in [-0.1, -0.05) is 48.5 Å². The Bertz CT molecular complexity index is 1570. The number of halogens is 6. The van der Waals surface area contributed by atoms with Gasteiger partial charge >= 0.3 is 12.4 Å². The minimum Gasteiger partial charge on any atom is -0.542 e. The number of quaternary nitrogens is 2. The third-order valence-corrected chi connectivity index (χ3v) is 7.31. The number of alkyl halides is 6. The maximum absolute atomic E-state index is 10.5. The van der Waals surface area contributed by atoms with Crippen LogP contribution in [-0.4, -0.2) is 62.7 Å². The number of aliphatic carboxylic acids is 2. The molecule has 0 unspecified atom stereocenters. The van der Waals surface area contributed by atoms with Crippen molar-refractivity contribution in [2.45, 2.75) is 24.8 Å². The van der Waals surface area contributed by atoms with Crippen molar-refractivity contribution in [2.24, 2.45) is 0 Å². The van der Waals surface area contributed by atoms with Gasteiger partial charge in [0.1, 0.15) is 23.3 Å². The summed E-state index contributed by atoms with van der Waals surface area (Å²) >= 11 is 0. The van der Waals surface area contributed by atoms with Gasteiger partial charge in [-0.25, -0.2) is 0 Å². The van der Waals surface area contributed by atoms with Crippen LogP contribution in [0.5, 0.6) is 0 Å². The number of nitrogens with zero attached hydrogens (tertiary/aromatic N) is 2. The van der Waals surface area contributed by atoms with E-state index in [4.69, 9.17) is 19.8 Å². The number of hydrogen-bond acceptors (Lipinski definition) is 6. The van der Waals surface area contributed by atoms with Gasteiger partial charge in [0, 0.05) is 0 Å². The molecule has 236 valence electrons. The minimum atomic E-state index is -5.19. The zero-order valence-electron chi connectivity index (χ0n) is 23.8. The molecule has 6 rings (SSSR count). The number of rotatable bonds is 0. The summed E-state index contributed by atoms with van der Waals surface area (Å²) in [5, 5.41) is 43.0. The van der Waals surface area contributed by atoms with Crippen molar-refractivity contribution in [1.82, 2.24) is 8.97 Å². The lowest BCUT2D eigenvalue weighted by atomic mass is 10.1. The largest absolute Gasteiger partial charge is 0.542 e. The van der Waals surface area contributed by atoms with E-state index in [2.05, 4.69) is 48.5 Å². The van der Waals surface area contributed by atoms with Crippen molar-refractivity contribution in [3.05, 3.63) is 83.9 Å². The summed E-state index contributed by atoms with van der Waals surface area (Å²) in [6, 6.07) is 24.8. The van der Waals surface area contributed by atoms with Crippen LogP contribution in [0, 0.1) is 0 Å². The number of carboxylic acids is 2. The number of carbonyl (C=O) groups excluding carboxylic acids is 2. The third-order valence-electron chi connectivity index (χ3n) is 7.31. The molecule has 2 aliphatic heterocycles. The molecule has 0 spiro atoms. The molecule has 0 radical (unpaired) electrons. The van der Waals surface area contributed by atoms with Crippen molar-refractivity contribution < 1.29 is 56.4 Å². The number of hydrogen-bond donors (Lipinski definition) is 2. The molecular weight excluding hydrogens is 598 g/mol. The summed E-state index contributed by atoms with van der Waals surface area (Å²) in [4.78, 5) is 17.6. The summed E-state index contributed by atoms with van der Waals surface area (Å²) < 4.78 is 64.1. The van der Waals surface area contributed by atoms with Crippen LogP contribution in [0.25, 0.3) is 21.5 Å². The number of aliphatic hydroxyl groups is 2. The predicted molar refractivity (Wildman–Crippen MR) is 147 cm³/mol. The maximum Gasteiger partial charge on any atom is 0.430 e. The molecule has 0 bridgehead atoms. The molecule has 0 saturated carbocycles. The fourth-order valence-electron chi connectivity index (χ4n) is 5.05. The van der Waals surface area contributed by atoms with Gasteiger partial charge in [-0.2, -0.15) is 26.3 Å². The Morgan fingerprint density at radius 2 is 0.841 bits per heavy atom. The van der Waals surface area contributed by atoms with Crippen LogP contribution in [0.1, 0.15) is 23.6 Å². The number of carboxylic acid groups (broad SMARTS) is 2. The molecule has 0 saturated heterocycles. The first-order chi connectivity index (χ1) is 20.1. The fraction of sp³-hybridized carbons (Fsp3) is 0.267. The average Bonchev–Trinajstić information content (AvgIpc) is 3.26. The summed E-state index contributed by atoms with van der Waals surface area (Å²) in [6.45, 7) is 0. The standard InChI is InChI=1S/2C13H14NO.2C2HF3O2/c2*1-14(2)11-8-4-6-9-5-3-7-10(12(9)11)13(14)15;2*3-2(4,5)1(6)7/h2*3-8,13,15H,1-2H3;2*(H,6,7)/q2*+1;;/p-2/t2*13-;;/m10../s1. The Morgan fingerprint density at radius 3 is 1.09 bits per heavy atom. The van der Waals surface area contributed by atoms with E-state index in [0.29, 0.717) is 8.97 Å². The van der Waals surface area contributed by atoms with Crippen LogP contribution in [0.15, 0.2) is 72.8 Å². The fourth-order valence-corrected chi connectivity index (χ4v) is 5.05. The SMILES string of the molecule is C[N+]1(C)c2cccc3cccc(c23)[C@@H]1O.C[N+]1(C)c2cccc3cccc(c23)[C@H]1O.O=C([O-])C(F)(F)F.O=C([O-])C(F)(F)F. The van der Waals surface area contributed by atoms with Gasteiger partial charge in [-0.3, -0.25) is 8.97 Å². The molecule has 2 aliphatic rings. The molecule has 0 fully saturated rings. The highest BCUT2D eigenvalue weighted by molar-refractivity contribution is 5.99. The Hall–Kier alpha value is -4.24. The smallest absolute Gasteiger partial charge is 0.430 e. The van der Waals surface area contributed by atoms with E-state index in [0.717, 1.165) is 11.1 Å². The molecule has 4 aromatic carbocycles. The van der Waals surface area contributed by atoms with Crippen molar-refractivity contribution >= 4 is 44.9 Å². The first kappa shape index (κ1) is 34.3. The normalized spacial score (nSPS) is 18.7. The van der Waals surface area contributed by atoms with Crippen LogP contribution in [0.4, 0.5) is 37.7 Å². The monoisotopic (exact) mass is 626 g/mol. The van der Waals surface area contributed by atoms with Gasteiger partial charge in [0.25, 0.3) is 0 Å². The van der Waals surface area contributed by atoms with Crippen molar-refractivity contribution in [3.63, 3.8) is 0 Å². The lowest BCUT2D eigenvalue weighted by Gasteiger charge is -2.28. The van der Waals surface area contributed by atoms with Crippen LogP contribution >= 0.6 is 0 Å². The third kappa shape index (κ3) is 6.63. The molecule has 0 amide bonds. The summed E-state index contributed by atoms with van der Waals surface area (Å²) in [5.41, 5.74) is 4.51. The molecule has 2 atom stereocenters. The number of benzene rings is 4. The number of carbonyl (C=O) groups is 2. The average molecular weight is 627 g/mol. The molecule has 44 heavy (non-hydrogen) atoms. The van der Waals surface area contributed by atoms with E-state index in [1.807, 2.05) is 52.5 Å². The molecule has 14 heteroatoms. The van der Waals surface area contributed by atoms with E-state index in [1.54, 1.807) is 0 Å². The summed E-state index contributed by atoms with van der Waals surface area (Å²) in [5.74, 6) is -6.01. The van der Waals surface area contributed by atoms with Gasteiger partial charge in [0.2, 0.25) is 12.5 Å². The summed E-state index contributed by atoms with van der Waals surface area (Å²) in [6.07, 6.45) is -11.3. The van der Waals surface area contributed by atoms with Gasteiger partial charge in [0.05, 0.1) is 50.1 Å². The van der Waals surface area contributed by atoms with Gasteiger partial charge < -0.3 is 30.0 Å².